The predicted octanol–water partition coefficient (Wildman–Crippen LogP) is 2.23. The molecule has 0 fully saturated rings. The Labute approximate surface area is 136 Å². The van der Waals surface area contributed by atoms with Gasteiger partial charge in [-0.1, -0.05) is 13.3 Å². The van der Waals surface area contributed by atoms with Crippen LogP contribution in [-0.4, -0.2) is 22.5 Å². The molecule has 1 aromatic heterocycles. The molecule has 0 aliphatic heterocycles. The van der Waals surface area contributed by atoms with Crippen LogP contribution >= 0.6 is 0 Å². The Bertz CT molecular complexity index is 665. The van der Waals surface area contributed by atoms with Gasteiger partial charge in [0.15, 0.2) is 6.10 Å². The van der Waals surface area contributed by atoms with Crippen molar-refractivity contribution in [3.63, 3.8) is 0 Å². The van der Waals surface area contributed by atoms with E-state index in [1.165, 1.54) is 13.0 Å². The van der Waals surface area contributed by atoms with Crippen molar-refractivity contribution in [1.29, 1.82) is 5.26 Å². The van der Waals surface area contributed by atoms with Crippen molar-refractivity contribution < 1.29 is 14.3 Å². The van der Waals surface area contributed by atoms with E-state index in [1.807, 2.05) is 26.0 Å². The molecule has 1 atom stereocenters. The van der Waals surface area contributed by atoms with Gasteiger partial charge in [-0.15, -0.1) is 0 Å². The van der Waals surface area contributed by atoms with E-state index in [9.17, 15) is 14.9 Å². The number of rotatable bonds is 7. The SMILES string of the molecule is CCCCn1c(C)cc(/C=C(\C#N)C(=O)O[C@@H](C)C(N)=O)c1C. The van der Waals surface area contributed by atoms with Crippen LogP contribution in [0.1, 0.15) is 43.6 Å². The van der Waals surface area contributed by atoms with Crippen molar-refractivity contribution in [2.24, 2.45) is 5.73 Å². The molecule has 23 heavy (non-hydrogen) atoms. The van der Waals surface area contributed by atoms with Crippen LogP contribution in [0.15, 0.2) is 11.6 Å². The molecule has 0 radical (unpaired) electrons. The van der Waals surface area contributed by atoms with E-state index in [0.29, 0.717) is 0 Å². The number of nitriles is 1. The fourth-order valence-corrected chi connectivity index (χ4v) is 2.21. The number of amides is 1. The molecule has 0 unspecified atom stereocenters. The Morgan fingerprint density at radius 1 is 1.48 bits per heavy atom. The summed E-state index contributed by atoms with van der Waals surface area (Å²) >= 11 is 0. The first-order valence-electron chi connectivity index (χ1n) is 7.60. The van der Waals surface area contributed by atoms with Crippen molar-refractivity contribution in [2.75, 3.05) is 0 Å². The first-order chi connectivity index (χ1) is 10.8. The Morgan fingerprint density at radius 3 is 2.65 bits per heavy atom. The highest BCUT2D eigenvalue weighted by Crippen LogP contribution is 2.19. The monoisotopic (exact) mass is 317 g/mol. The third kappa shape index (κ3) is 4.71. The second-order valence-electron chi connectivity index (χ2n) is 5.45. The quantitative estimate of drug-likeness (QED) is 0.473. The lowest BCUT2D eigenvalue weighted by atomic mass is 10.1. The van der Waals surface area contributed by atoms with Crippen molar-refractivity contribution in [3.8, 4) is 6.07 Å². The smallest absolute Gasteiger partial charge is 0.349 e. The maximum absolute atomic E-state index is 11.9. The molecule has 1 heterocycles. The summed E-state index contributed by atoms with van der Waals surface area (Å²) in [4.78, 5) is 22.9. The number of carbonyl (C=O) groups excluding carboxylic acids is 2. The molecule has 2 N–H and O–H groups in total. The van der Waals surface area contributed by atoms with Crippen LogP contribution in [0.3, 0.4) is 0 Å². The molecule has 0 saturated carbocycles. The van der Waals surface area contributed by atoms with Gasteiger partial charge >= 0.3 is 5.97 Å². The second kappa shape index (κ2) is 8.18. The summed E-state index contributed by atoms with van der Waals surface area (Å²) in [5, 5.41) is 9.18. The second-order valence-corrected chi connectivity index (χ2v) is 5.45. The zero-order valence-corrected chi connectivity index (χ0v) is 14.0. The maximum Gasteiger partial charge on any atom is 0.349 e. The van der Waals surface area contributed by atoms with E-state index in [1.54, 1.807) is 0 Å². The molecule has 0 aliphatic carbocycles. The Morgan fingerprint density at radius 2 is 2.13 bits per heavy atom. The third-order valence-electron chi connectivity index (χ3n) is 3.67. The van der Waals surface area contributed by atoms with Crippen LogP contribution in [0.2, 0.25) is 0 Å². The summed E-state index contributed by atoms with van der Waals surface area (Å²) in [7, 11) is 0. The first-order valence-corrected chi connectivity index (χ1v) is 7.60. The van der Waals surface area contributed by atoms with Crippen molar-refractivity contribution in [1.82, 2.24) is 4.57 Å². The van der Waals surface area contributed by atoms with Crippen molar-refractivity contribution >= 4 is 18.0 Å². The molecule has 6 heteroatoms. The zero-order valence-electron chi connectivity index (χ0n) is 14.0. The lowest BCUT2D eigenvalue weighted by Gasteiger charge is -2.09. The number of ether oxygens (including phenoxy) is 1. The number of hydrogen-bond donors (Lipinski definition) is 1. The van der Waals surface area contributed by atoms with Crippen LogP contribution < -0.4 is 5.73 Å². The van der Waals surface area contributed by atoms with Gasteiger partial charge in [0.25, 0.3) is 5.91 Å². The zero-order chi connectivity index (χ0) is 17.6. The standard InChI is InChI=1S/C17H23N3O3/c1-5-6-7-20-11(2)8-14(12(20)3)9-15(10-18)17(22)23-13(4)16(19)21/h8-9,13H,5-7H2,1-4H3,(H2,19,21)/b15-9+/t13-/m0/s1. The lowest BCUT2D eigenvalue weighted by molar-refractivity contribution is -0.149. The molecule has 1 amide bonds. The number of carbonyl (C=O) groups is 2. The normalized spacial score (nSPS) is 12.6. The summed E-state index contributed by atoms with van der Waals surface area (Å²) in [6, 6.07) is 3.74. The third-order valence-corrected chi connectivity index (χ3v) is 3.67. The van der Waals surface area contributed by atoms with Gasteiger partial charge in [0, 0.05) is 17.9 Å². The fourth-order valence-electron chi connectivity index (χ4n) is 2.21. The molecule has 0 spiro atoms. The summed E-state index contributed by atoms with van der Waals surface area (Å²) < 4.78 is 7.02. The minimum absolute atomic E-state index is 0.158. The number of nitrogens with zero attached hydrogens (tertiary/aromatic N) is 2. The highest BCUT2D eigenvalue weighted by molar-refractivity contribution is 5.99. The summed E-state index contributed by atoms with van der Waals surface area (Å²) in [5.74, 6) is -1.61. The molecule has 6 nitrogen and oxygen atoms in total. The van der Waals surface area contributed by atoms with Gasteiger partial charge in [-0.05, 0) is 44.9 Å². The molecular weight excluding hydrogens is 294 g/mol. The van der Waals surface area contributed by atoms with Crippen LogP contribution in [0, 0.1) is 25.2 Å². The largest absolute Gasteiger partial charge is 0.448 e. The van der Waals surface area contributed by atoms with Crippen LogP contribution in [0.5, 0.6) is 0 Å². The highest BCUT2D eigenvalue weighted by Gasteiger charge is 2.19. The average Bonchev–Trinajstić information content (AvgIpc) is 2.76. The molecule has 0 bridgehead atoms. The van der Waals surface area contributed by atoms with Crippen molar-refractivity contribution in [2.45, 2.75) is 53.2 Å². The molecular formula is C17H23N3O3. The van der Waals surface area contributed by atoms with E-state index in [4.69, 9.17) is 10.5 Å². The minimum Gasteiger partial charge on any atom is -0.448 e. The molecule has 0 saturated heterocycles. The van der Waals surface area contributed by atoms with Crippen LogP contribution in [0.4, 0.5) is 0 Å². The molecule has 124 valence electrons. The van der Waals surface area contributed by atoms with Gasteiger partial charge in [0.2, 0.25) is 0 Å². The van der Waals surface area contributed by atoms with E-state index >= 15 is 0 Å². The highest BCUT2D eigenvalue weighted by atomic mass is 16.5. The molecule has 0 aliphatic rings. The average molecular weight is 317 g/mol. The van der Waals surface area contributed by atoms with Crippen LogP contribution in [0.25, 0.3) is 6.08 Å². The van der Waals surface area contributed by atoms with E-state index in [0.717, 1.165) is 36.3 Å². The Balaban J connectivity index is 3.05. The number of hydrogen-bond acceptors (Lipinski definition) is 4. The number of unbranched alkanes of at least 4 members (excludes halogenated alkanes) is 1. The first kappa shape index (κ1) is 18.5. The Kier molecular flexibility index (Phi) is 6.58. The van der Waals surface area contributed by atoms with Gasteiger partial charge in [0.1, 0.15) is 11.6 Å². The van der Waals surface area contributed by atoms with Gasteiger partial charge in [-0.25, -0.2) is 4.79 Å². The number of aryl methyl sites for hydroxylation is 1. The van der Waals surface area contributed by atoms with Gasteiger partial charge in [-0.3, -0.25) is 4.79 Å². The summed E-state index contributed by atoms with van der Waals surface area (Å²) in [6.45, 7) is 8.32. The summed E-state index contributed by atoms with van der Waals surface area (Å²) in [5.41, 5.74) is 7.74. The molecule has 1 aromatic rings. The Hall–Kier alpha value is -2.55. The maximum atomic E-state index is 11.9. The number of primary amides is 1. The number of aromatic nitrogens is 1. The topological polar surface area (TPSA) is 98.1 Å². The number of esters is 1. The van der Waals surface area contributed by atoms with E-state index in [2.05, 4.69) is 11.5 Å². The predicted molar refractivity (Wildman–Crippen MR) is 87.2 cm³/mol. The molecule has 1 rings (SSSR count). The lowest BCUT2D eigenvalue weighted by Crippen LogP contribution is -2.30. The van der Waals surface area contributed by atoms with Crippen molar-refractivity contribution in [3.05, 3.63) is 28.6 Å². The van der Waals surface area contributed by atoms with Gasteiger partial charge in [0.05, 0.1) is 0 Å². The van der Waals surface area contributed by atoms with Crippen LogP contribution in [-0.2, 0) is 20.9 Å². The molecule has 0 aromatic carbocycles. The summed E-state index contributed by atoms with van der Waals surface area (Å²) in [6.07, 6.45) is 2.56. The van der Waals surface area contributed by atoms with E-state index in [-0.39, 0.29) is 5.57 Å². The van der Waals surface area contributed by atoms with Gasteiger partial charge < -0.3 is 15.0 Å². The number of nitrogens with two attached hydrogens (primary N) is 1. The van der Waals surface area contributed by atoms with Gasteiger partial charge in [-0.2, -0.15) is 5.26 Å². The fraction of sp³-hybridized carbons (Fsp3) is 0.471. The van der Waals surface area contributed by atoms with E-state index < -0.39 is 18.0 Å². The minimum atomic E-state index is -1.07.